The molecule has 0 N–H and O–H groups in total. The Morgan fingerprint density at radius 3 is 2.62 bits per heavy atom. The summed E-state index contributed by atoms with van der Waals surface area (Å²) >= 11 is 0.718. The average Bonchev–Trinajstić information content (AvgIpc) is 2.88. The zero-order valence-corrected chi connectivity index (χ0v) is 15.0. The van der Waals surface area contributed by atoms with Crippen LogP contribution in [0.3, 0.4) is 0 Å². The number of thioether (sulfide) groups is 1. The standard InChI is InChI=1S/C17H17NO7S/c1-3-24-14(19)9-18-16(21)13(26-17(18)22)8-11-6-4-5-7-12(11)25-10-15(20)23-2/h4-8H,3,9-10H2,1-2H3/b13-8+. The van der Waals surface area contributed by atoms with Crippen LogP contribution < -0.4 is 4.74 Å². The van der Waals surface area contributed by atoms with Gasteiger partial charge in [-0.2, -0.15) is 0 Å². The summed E-state index contributed by atoms with van der Waals surface area (Å²) in [4.78, 5) is 48.1. The average molecular weight is 379 g/mol. The predicted octanol–water partition coefficient (Wildman–Crippen LogP) is 1.84. The van der Waals surface area contributed by atoms with Gasteiger partial charge < -0.3 is 14.2 Å². The molecule has 0 unspecified atom stereocenters. The summed E-state index contributed by atoms with van der Waals surface area (Å²) in [6.07, 6.45) is 1.47. The summed E-state index contributed by atoms with van der Waals surface area (Å²) < 4.78 is 14.6. The number of methoxy groups -OCH3 is 1. The van der Waals surface area contributed by atoms with E-state index in [2.05, 4.69) is 4.74 Å². The van der Waals surface area contributed by atoms with E-state index >= 15 is 0 Å². The minimum absolute atomic E-state index is 0.147. The number of amides is 2. The fraction of sp³-hybridized carbons (Fsp3) is 0.294. The van der Waals surface area contributed by atoms with Crippen molar-refractivity contribution in [1.29, 1.82) is 0 Å². The Bertz CT molecular complexity index is 759. The van der Waals surface area contributed by atoms with Crippen molar-refractivity contribution in [2.75, 3.05) is 26.9 Å². The van der Waals surface area contributed by atoms with E-state index in [1.165, 1.54) is 13.2 Å². The monoisotopic (exact) mass is 379 g/mol. The van der Waals surface area contributed by atoms with E-state index < -0.39 is 29.6 Å². The molecule has 0 spiro atoms. The molecule has 1 aliphatic rings. The Hall–Kier alpha value is -2.81. The van der Waals surface area contributed by atoms with Gasteiger partial charge in [-0.05, 0) is 30.8 Å². The third-order valence-electron chi connectivity index (χ3n) is 3.24. The molecule has 2 rings (SSSR count). The van der Waals surface area contributed by atoms with Crippen molar-refractivity contribution in [3.05, 3.63) is 34.7 Å². The lowest BCUT2D eigenvalue weighted by Gasteiger charge is -2.11. The van der Waals surface area contributed by atoms with Gasteiger partial charge in [0, 0.05) is 5.56 Å². The molecular formula is C17H17NO7S. The van der Waals surface area contributed by atoms with E-state index in [-0.39, 0.29) is 18.1 Å². The van der Waals surface area contributed by atoms with Crippen molar-refractivity contribution in [3.63, 3.8) is 0 Å². The Balaban J connectivity index is 2.17. The number of carbonyl (C=O) groups is 4. The Kier molecular flexibility index (Phi) is 6.79. The third-order valence-corrected chi connectivity index (χ3v) is 4.15. The van der Waals surface area contributed by atoms with Crippen LogP contribution in [0.5, 0.6) is 5.75 Å². The van der Waals surface area contributed by atoms with Gasteiger partial charge in [-0.15, -0.1) is 0 Å². The van der Waals surface area contributed by atoms with Gasteiger partial charge in [-0.3, -0.25) is 19.3 Å². The van der Waals surface area contributed by atoms with Crippen molar-refractivity contribution in [2.45, 2.75) is 6.92 Å². The molecule has 1 saturated heterocycles. The number of nitrogens with zero attached hydrogens (tertiary/aromatic N) is 1. The van der Waals surface area contributed by atoms with E-state index in [1.54, 1.807) is 31.2 Å². The number of carbonyl (C=O) groups excluding carboxylic acids is 4. The Morgan fingerprint density at radius 1 is 1.19 bits per heavy atom. The second kappa shape index (κ2) is 9.04. The van der Waals surface area contributed by atoms with Crippen molar-refractivity contribution in [1.82, 2.24) is 4.90 Å². The molecule has 9 heteroatoms. The molecule has 8 nitrogen and oxygen atoms in total. The molecule has 0 aromatic heterocycles. The van der Waals surface area contributed by atoms with Crippen LogP contribution in [-0.2, 0) is 23.9 Å². The highest BCUT2D eigenvalue weighted by Crippen LogP contribution is 2.33. The molecule has 0 bridgehead atoms. The van der Waals surface area contributed by atoms with E-state index in [0.29, 0.717) is 11.3 Å². The highest BCUT2D eigenvalue weighted by Gasteiger charge is 2.36. The van der Waals surface area contributed by atoms with Crippen LogP contribution in [0.4, 0.5) is 4.79 Å². The van der Waals surface area contributed by atoms with Gasteiger partial charge in [0.2, 0.25) is 0 Å². The first kappa shape index (κ1) is 19.5. The molecule has 26 heavy (non-hydrogen) atoms. The quantitative estimate of drug-likeness (QED) is 0.523. The smallest absolute Gasteiger partial charge is 0.343 e. The van der Waals surface area contributed by atoms with Crippen LogP contribution in [0.2, 0.25) is 0 Å². The molecule has 0 radical (unpaired) electrons. The number of hydrogen-bond donors (Lipinski definition) is 0. The highest BCUT2D eigenvalue weighted by atomic mass is 32.2. The van der Waals surface area contributed by atoms with Gasteiger partial charge in [-0.25, -0.2) is 4.79 Å². The number of hydrogen-bond acceptors (Lipinski definition) is 8. The fourth-order valence-electron chi connectivity index (χ4n) is 2.04. The van der Waals surface area contributed by atoms with Crippen LogP contribution in [-0.4, -0.2) is 54.9 Å². The number of para-hydroxylation sites is 1. The van der Waals surface area contributed by atoms with Crippen LogP contribution in [0, 0.1) is 0 Å². The molecular weight excluding hydrogens is 362 g/mol. The van der Waals surface area contributed by atoms with Gasteiger partial charge in [0.05, 0.1) is 18.6 Å². The van der Waals surface area contributed by atoms with Gasteiger partial charge in [0.15, 0.2) is 6.61 Å². The Labute approximate surface area is 154 Å². The van der Waals surface area contributed by atoms with Crippen molar-refractivity contribution in [2.24, 2.45) is 0 Å². The lowest BCUT2D eigenvalue weighted by Crippen LogP contribution is -2.34. The molecule has 1 aromatic carbocycles. The summed E-state index contributed by atoms with van der Waals surface area (Å²) in [6.45, 7) is 1.08. The summed E-state index contributed by atoms with van der Waals surface area (Å²) in [7, 11) is 1.25. The fourth-order valence-corrected chi connectivity index (χ4v) is 2.87. The number of imide groups is 1. The maximum atomic E-state index is 12.4. The minimum atomic E-state index is -0.655. The lowest BCUT2D eigenvalue weighted by molar-refractivity contribution is -0.146. The van der Waals surface area contributed by atoms with Gasteiger partial charge in [0.1, 0.15) is 12.3 Å². The molecule has 0 saturated carbocycles. The van der Waals surface area contributed by atoms with Crippen molar-refractivity contribution < 1.29 is 33.4 Å². The summed E-state index contributed by atoms with van der Waals surface area (Å²) in [5.41, 5.74) is 0.512. The molecule has 1 aromatic rings. The number of esters is 2. The largest absolute Gasteiger partial charge is 0.481 e. The normalized spacial score (nSPS) is 15.3. The Morgan fingerprint density at radius 2 is 1.92 bits per heavy atom. The van der Waals surface area contributed by atoms with E-state index in [9.17, 15) is 19.2 Å². The first-order chi connectivity index (χ1) is 12.5. The third kappa shape index (κ3) is 4.85. The number of benzene rings is 1. The SMILES string of the molecule is CCOC(=O)CN1C(=O)S/C(=C/c2ccccc2OCC(=O)OC)C1=O. The molecule has 2 amide bonds. The van der Waals surface area contributed by atoms with Crippen LogP contribution in [0.25, 0.3) is 6.08 Å². The minimum Gasteiger partial charge on any atom is -0.481 e. The number of ether oxygens (including phenoxy) is 3. The molecule has 1 heterocycles. The van der Waals surface area contributed by atoms with Gasteiger partial charge in [0.25, 0.3) is 11.1 Å². The van der Waals surface area contributed by atoms with E-state index in [0.717, 1.165) is 16.7 Å². The molecule has 1 fully saturated rings. The van der Waals surface area contributed by atoms with Gasteiger partial charge in [-0.1, -0.05) is 18.2 Å². The van der Waals surface area contributed by atoms with E-state index in [4.69, 9.17) is 9.47 Å². The molecule has 138 valence electrons. The second-order valence-electron chi connectivity index (χ2n) is 4.98. The lowest BCUT2D eigenvalue weighted by atomic mass is 10.2. The molecule has 0 aliphatic carbocycles. The first-order valence-corrected chi connectivity index (χ1v) is 8.47. The van der Waals surface area contributed by atoms with Crippen LogP contribution >= 0.6 is 11.8 Å². The maximum absolute atomic E-state index is 12.4. The van der Waals surface area contributed by atoms with Gasteiger partial charge >= 0.3 is 11.9 Å². The number of rotatable bonds is 7. The summed E-state index contributed by atoms with van der Waals surface area (Å²) in [5.74, 6) is -1.43. The summed E-state index contributed by atoms with van der Waals surface area (Å²) in [6, 6.07) is 6.72. The van der Waals surface area contributed by atoms with Crippen molar-refractivity contribution in [3.8, 4) is 5.75 Å². The predicted molar refractivity (Wildman–Crippen MR) is 93.3 cm³/mol. The summed E-state index contributed by atoms with van der Waals surface area (Å²) in [5, 5.41) is -0.553. The molecule has 1 aliphatic heterocycles. The second-order valence-corrected chi connectivity index (χ2v) is 5.97. The molecule has 0 atom stereocenters. The van der Waals surface area contributed by atoms with E-state index in [1.807, 2.05) is 0 Å². The zero-order valence-electron chi connectivity index (χ0n) is 14.2. The van der Waals surface area contributed by atoms with Crippen LogP contribution in [0.1, 0.15) is 12.5 Å². The maximum Gasteiger partial charge on any atom is 0.343 e. The first-order valence-electron chi connectivity index (χ1n) is 7.66. The topological polar surface area (TPSA) is 99.2 Å². The van der Waals surface area contributed by atoms with Crippen molar-refractivity contribution >= 4 is 40.9 Å². The zero-order chi connectivity index (χ0) is 19.1. The highest BCUT2D eigenvalue weighted by molar-refractivity contribution is 8.18. The van der Waals surface area contributed by atoms with Crippen LogP contribution in [0.15, 0.2) is 29.2 Å².